The van der Waals surface area contributed by atoms with E-state index in [9.17, 15) is 0 Å². The zero-order chi connectivity index (χ0) is 19.5. The minimum atomic E-state index is 0.383. The van der Waals surface area contributed by atoms with E-state index in [1.165, 1.54) is 35.2 Å². The Morgan fingerprint density at radius 2 is 1.93 bits per heavy atom. The molecule has 3 heterocycles. The molecule has 0 N–H and O–H groups in total. The third kappa shape index (κ3) is 4.45. The van der Waals surface area contributed by atoms with E-state index in [0.29, 0.717) is 6.04 Å². The molecular weight excluding hydrogens is 368 g/mol. The molecule has 4 nitrogen and oxygen atoms in total. The van der Waals surface area contributed by atoms with Crippen LogP contribution in [0.15, 0.2) is 48.8 Å². The summed E-state index contributed by atoms with van der Waals surface area (Å²) in [6.45, 7) is 7.18. The van der Waals surface area contributed by atoms with E-state index in [1.807, 2.05) is 23.0 Å². The molecule has 0 saturated carbocycles. The maximum Gasteiger partial charge on any atom is 0.0581 e. The highest BCUT2D eigenvalue weighted by atomic mass is 35.5. The van der Waals surface area contributed by atoms with E-state index in [1.54, 1.807) is 0 Å². The number of aryl methyl sites for hydroxylation is 2. The van der Waals surface area contributed by atoms with Gasteiger partial charge in [-0.25, -0.2) is 0 Å². The number of likely N-dealkylation sites (tertiary alicyclic amines) is 1. The van der Waals surface area contributed by atoms with Crippen LogP contribution in [0.25, 0.3) is 0 Å². The zero-order valence-electron chi connectivity index (χ0n) is 16.6. The molecule has 0 bridgehead atoms. The first-order chi connectivity index (χ1) is 13.6. The second-order valence-electron chi connectivity index (χ2n) is 7.68. The number of hydrogen-bond donors (Lipinski definition) is 0. The quantitative estimate of drug-likeness (QED) is 0.577. The predicted molar refractivity (Wildman–Crippen MR) is 114 cm³/mol. The van der Waals surface area contributed by atoms with Crippen molar-refractivity contribution in [1.29, 1.82) is 0 Å². The van der Waals surface area contributed by atoms with Gasteiger partial charge in [-0.3, -0.25) is 14.6 Å². The topological polar surface area (TPSA) is 34.0 Å². The fraction of sp³-hybridized carbons (Fsp3) is 0.391. The third-order valence-electron chi connectivity index (χ3n) is 5.46. The van der Waals surface area contributed by atoms with Crippen LogP contribution in [-0.2, 0) is 19.5 Å². The lowest BCUT2D eigenvalue weighted by Crippen LogP contribution is -2.23. The van der Waals surface area contributed by atoms with Crippen molar-refractivity contribution in [3.8, 4) is 0 Å². The smallest absolute Gasteiger partial charge is 0.0581 e. The van der Waals surface area contributed by atoms with Crippen molar-refractivity contribution < 1.29 is 0 Å². The van der Waals surface area contributed by atoms with E-state index in [4.69, 9.17) is 16.6 Å². The van der Waals surface area contributed by atoms with E-state index in [0.717, 1.165) is 36.8 Å². The van der Waals surface area contributed by atoms with Crippen molar-refractivity contribution in [2.45, 2.75) is 52.2 Å². The lowest BCUT2D eigenvalue weighted by molar-refractivity contribution is 0.244. The van der Waals surface area contributed by atoms with Gasteiger partial charge in [0.05, 0.1) is 17.9 Å². The summed E-state index contributed by atoms with van der Waals surface area (Å²) in [7, 11) is 0. The van der Waals surface area contributed by atoms with Crippen molar-refractivity contribution in [1.82, 2.24) is 19.7 Å². The highest BCUT2D eigenvalue weighted by molar-refractivity contribution is 6.30. The molecule has 1 fully saturated rings. The molecule has 1 aromatic carbocycles. The third-order valence-corrected chi connectivity index (χ3v) is 5.71. The Labute approximate surface area is 172 Å². The standard InChI is InChI=1S/C23H27ClN4/c1-3-28-16-20(14-25-28)15-27-10-4-5-23(27)22-13-19(11-17(2)26-22)12-18-6-8-21(24)9-7-18/h6-9,11,13-14,16,23H,3-5,10,12,15H2,1-2H3/t23-/m1/s1. The molecular formula is C23H27ClN4. The van der Waals surface area contributed by atoms with Gasteiger partial charge in [-0.2, -0.15) is 5.10 Å². The van der Waals surface area contributed by atoms with Gasteiger partial charge in [-0.1, -0.05) is 23.7 Å². The highest BCUT2D eigenvalue weighted by Crippen LogP contribution is 2.33. The molecule has 1 aliphatic heterocycles. The molecule has 1 saturated heterocycles. The van der Waals surface area contributed by atoms with E-state index in [-0.39, 0.29) is 0 Å². The van der Waals surface area contributed by atoms with Crippen molar-refractivity contribution in [2.24, 2.45) is 0 Å². The first-order valence-corrected chi connectivity index (χ1v) is 10.5. The summed E-state index contributed by atoms with van der Waals surface area (Å²) in [5.41, 5.74) is 6.16. The predicted octanol–water partition coefficient (Wildman–Crippen LogP) is 5.19. The SMILES string of the molecule is CCn1cc(CN2CCC[C@@H]2c2cc(Cc3ccc(Cl)cc3)cc(C)n2)cn1. The lowest BCUT2D eigenvalue weighted by atomic mass is 10.0. The number of nitrogens with zero attached hydrogens (tertiary/aromatic N) is 4. The molecule has 1 aliphatic rings. The van der Waals surface area contributed by atoms with Crippen molar-refractivity contribution >= 4 is 11.6 Å². The van der Waals surface area contributed by atoms with E-state index in [2.05, 4.69) is 54.3 Å². The average molecular weight is 395 g/mol. The van der Waals surface area contributed by atoms with E-state index < -0.39 is 0 Å². The van der Waals surface area contributed by atoms with Gasteiger partial charge in [0.1, 0.15) is 0 Å². The van der Waals surface area contributed by atoms with Crippen molar-refractivity contribution in [3.63, 3.8) is 0 Å². The molecule has 1 atom stereocenters. The summed E-state index contributed by atoms with van der Waals surface area (Å²) in [6, 6.07) is 13.0. The van der Waals surface area contributed by atoms with Gasteiger partial charge in [0.25, 0.3) is 0 Å². The van der Waals surface area contributed by atoms with Gasteiger partial charge in [0.2, 0.25) is 0 Å². The molecule has 3 aromatic rings. The number of pyridine rings is 1. The lowest BCUT2D eigenvalue weighted by Gasteiger charge is -2.24. The fourth-order valence-corrected chi connectivity index (χ4v) is 4.25. The van der Waals surface area contributed by atoms with Crippen LogP contribution in [0.4, 0.5) is 0 Å². The first-order valence-electron chi connectivity index (χ1n) is 10.1. The maximum absolute atomic E-state index is 6.02. The number of rotatable bonds is 6. The van der Waals surface area contributed by atoms with Crippen molar-refractivity contribution in [2.75, 3.05) is 6.54 Å². The molecule has 2 aromatic heterocycles. The van der Waals surface area contributed by atoms with Gasteiger partial charge in [0, 0.05) is 35.6 Å². The Morgan fingerprint density at radius 3 is 2.68 bits per heavy atom. The van der Waals surface area contributed by atoms with Crippen LogP contribution in [-0.4, -0.2) is 26.2 Å². The summed E-state index contributed by atoms with van der Waals surface area (Å²) in [4.78, 5) is 7.45. The van der Waals surface area contributed by atoms with Crippen molar-refractivity contribution in [3.05, 3.63) is 81.9 Å². The van der Waals surface area contributed by atoms with Crippen LogP contribution < -0.4 is 0 Å². The van der Waals surface area contributed by atoms with Crippen LogP contribution in [0.1, 0.15) is 53.9 Å². The van der Waals surface area contributed by atoms with Crippen LogP contribution in [0.5, 0.6) is 0 Å². The minimum Gasteiger partial charge on any atom is -0.290 e. The maximum atomic E-state index is 6.02. The Kier molecular flexibility index (Phi) is 5.79. The van der Waals surface area contributed by atoms with Gasteiger partial charge in [-0.05, 0) is 75.0 Å². The summed E-state index contributed by atoms with van der Waals surface area (Å²) in [5, 5.41) is 5.20. The molecule has 0 radical (unpaired) electrons. The highest BCUT2D eigenvalue weighted by Gasteiger charge is 2.27. The van der Waals surface area contributed by atoms with Gasteiger partial charge in [0.15, 0.2) is 0 Å². The summed E-state index contributed by atoms with van der Waals surface area (Å²) < 4.78 is 2.00. The second-order valence-corrected chi connectivity index (χ2v) is 8.11. The van der Waals surface area contributed by atoms with Crippen LogP contribution >= 0.6 is 11.6 Å². The number of benzene rings is 1. The van der Waals surface area contributed by atoms with Crippen LogP contribution in [0.3, 0.4) is 0 Å². The monoisotopic (exact) mass is 394 g/mol. The largest absolute Gasteiger partial charge is 0.290 e. The summed E-state index contributed by atoms with van der Waals surface area (Å²) >= 11 is 6.02. The normalized spacial score (nSPS) is 17.3. The fourth-order valence-electron chi connectivity index (χ4n) is 4.12. The molecule has 5 heteroatoms. The van der Waals surface area contributed by atoms with Crippen LogP contribution in [0.2, 0.25) is 5.02 Å². The molecule has 146 valence electrons. The Balaban J connectivity index is 1.53. The van der Waals surface area contributed by atoms with E-state index >= 15 is 0 Å². The number of aromatic nitrogens is 3. The van der Waals surface area contributed by atoms with Gasteiger partial charge >= 0.3 is 0 Å². The molecule has 28 heavy (non-hydrogen) atoms. The number of halogens is 1. The summed E-state index contributed by atoms with van der Waals surface area (Å²) in [5.74, 6) is 0. The minimum absolute atomic E-state index is 0.383. The molecule has 4 rings (SSSR count). The zero-order valence-corrected chi connectivity index (χ0v) is 17.4. The second kappa shape index (κ2) is 8.46. The Hall–Kier alpha value is -2.17. The Bertz CT molecular complexity index is 932. The van der Waals surface area contributed by atoms with Gasteiger partial charge in [-0.15, -0.1) is 0 Å². The molecule has 0 aliphatic carbocycles. The van der Waals surface area contributed by atoms with Crippen LogP contribution in [0, 0.1) is 6.92 Å². The molecule has 0 spiro atoms. The molecule has 0 amide bonds. The molecule has 0 unspecified atom stereocenters. The average Bonchev–Trinajstić information content (AvgIpc) is 3.33. The van der Waals surface area contributed by atoms with Gasteiger partial charge < -0.3 is 0 Å². The Morgan fingerprint density at radius 1 is 1.11 bits per heavy atom. The first kappa shape index (κ1) is 19.2. The summed E-state index contributed by atoms with van der Waals surface area (Å²) in [6.07, 6.45) is 7.44. The number of hydrogen-bond acceptors (Lipinski definition) is 3.